The summed E-state index contributed by atoms with van der Waals surface area (Å²) in [5.41, 5.74) is 1.26. The van der Waals surface area contributed by atoms with E-state index in [1.807, 2.05) is 55.3 Å². The Balaban J connectivity index is 0.00000312. The number of para-hydroxylation sites is 1. The zero-order valence-corrected chi connectivity index (χ0v) is 17.5. The summed E-state index contributed by atoms with van der Waals surface area (Å²) in [7, 11) is 5.76. The summed E-state index contributed by atoms with van der Waals surface area (Å²) in [6.45, 7) is 2.28. The summed E-state index contributed by atoms with van der Waals surface area (Å²) >= 11 is 0. The van der Waals surface area contributed by atoms with Gasteiger partial charge in [0.2, 0.25) is 0 Å². The number of guanidine groups is 1. The van der Waals surface area contributed by atoms with E-state index in [0.29, 0.717) is 6.61 Å². The molecular weight excluding hydrogens is 429 g/mol. The number of nitrogens with one attached hydrogen (secondary N) is 1. The molecule has 1 heterocycles. The SMILES string of the molecule is CN=C(NCCCc1cnn(C)c1)N(C)CCOc1ccccc1.I. The average Bonchev–Trinajstić information content (AvgIpc) is 3.01. The molecule has 0 radical (unpaired) electrons. The second-order valence-corrected chi connectivity index (χ2v) is 5.68. The summed E-state index contributed by atoms with van der Waals surface area (Å²) in [6, 6.07) is 9.86. The third kappa shape index (κ3) is 7.76. The lowest BCUT2D eigenvalue weighted by molar-refractivity contribution is 0.281. The number of likely N-dealkylation sites (N-methyl/N-ethyl adjacent to an activating group) is 1. The third-order valence-corrected chi connectivity index (χ3v) is 3.70. The molecule has 1 aromatic heterocycles. The minimum atomic E-state index is 0. The summed E-state index contributed by atoms with van der Waals surface area (Å²) < 4.78 is 7.56. The Morgan fingerprint density at radius 2 is 2.08 bits per heavy atom. The van der Waals surface area contributed by atoms with Crippen LogP contribution in [0.3, 0.4) is 0 Å². The molecule has 7 heteroatoms. The lowest BCUT2D eigenvalue weighted by Gasteiger charge is -2.22. The van der Waals surface area contributed by atoms with Crippen LogP contribution in [-0.4, -0.2) is 54.4 Å². The molecule has 6 nitrogen and oxygen atoms in total. The number of aliphatic imine (C=N–C) groups is 1. The molecule has 2 rings (SSSR count). The molecule has 0 bridgehead atoms. The molecule has 0 spiro atoms. The van der Waals surface area contributed by atoms with Gasteiger partial charge in [-0.15, -0.1) is 24.0 Å². The van der Waals surface area contributed by atoms with E-state index in [0.717, 1.165) is 37.6 Å². The zero-order chi connectivity index (χ0) is 17.2. The fourth-order valence-corrected chi connectivity index (χ4v) is 2.40. The van der Waals surface area contributed by atoms with Gasteiger partial charge in [-0.25, -0.2) is 0 Å². The van der Waals surface area contributed by atoms with Crippen molar-refractivity contribution in [1.29, 1.82) is 0 Å². The van der Waals surface area contributed by atoms with Gasteiger partial charge in [-0.1, -0.05) is 18.2 Å². The highest BCUT2D eigenvalue weighted by Crippen LogP contribution is 2.07. The normalized spacial score (nSPS) is 10.9. The van der Waals surface area contributed by atoms with Crippen LogP contribution in [0.25, 0.3) is 0 Å². The second kappa shape index (κ2) is 11.7. The number of hydrogen-bond donors (Lipinski definition) is 1. The van der Waals surface area contributed by atoms with E-state index in [1.165, 1.54) is 5.56 Å². The maximum atomic E-state index is 5.72. The first-order chi connectivity index (χ1) is 11.7. The molecule has 0 aliphatic rings. The van der Waals surface area contributed by atoms with E-state index >= 15 is 0 Å². The van der Waals surface area contributed by atoms with Gasteiger partial charge in [-0.3, -0.25) is 9.67 Å². The van der Waals surface area contributed by atoms with Crippen molar-refractivity contribution in [3.8, 4) is 5.75 Å². The van der Waals surface area contributed by atoms with Crippen molar-refractivity contribution < 1.29 is 4.74 Å². The first kappa shape index (κ1) is 21.3. The van der Waals surface area contributed by atoms with Crippen LogP contribution >= 0.6 is 24.0 Å². The molecule has 0 saturated heterocycles. The highest BCUT2D eigenvalue weighted by atomic mass is 127. The molecule has 1 N–H and O–H groups in total. The number of ether oxygens (including phenoxy) is 1. The number of aryl methyl sites for hydroxylation is 2. The highest BCUT2D eigenvalue weighted by molar-refractivity contribution is 14.0. The van der Waals surface area contributed by atoms with E-state index in [4.69, 9.17) is 4.74 Å². The zero-order valence-electron chi connectivity index (χ0n) is 15.2. The van der Waals surface area contributed by atoms with Gasteiger partial charge in [0.1, 0.15) is 12.4 Å². The van der Waals surface area contributed by atoms with Crippen molar-refractivity contribution in [3.05, 3.63) is 48.3 Å². The van der Waals surface area contributed by atoms with Crippen LogP contribution in [0.2, 0.25) is 0 Å². The Morgan fingerprint density at radius 1 is 1.32 bits per heavy atom. The van der Waals surface area contributed by atoms with Crippen molar-refractivity contribution in [1.82, 2.24) is 20.0 Å². The summed E-state index contributed by atoms with van der Waals surface area (Å²) in [5, 5.41) is 7.57. The molecule has 0 amide bonds. The van der Waals surface area contributed by atoms with E-state index in [2.05, 4.69) is 26.5 Å². The van der Waals surface area contributed by atoms with Crippen LogP contribution in [0.1, 0.15) is 12.0 Å². The Morgan fingerprint density at radius 3 is 2.72 bits per heavy atom. The number of halogens is 1. The first-order valence-corrected chi connectivity index (χ1v) is 8.26. The lowest BCUT2D eigenvalue weighted by Crippen LogP contribution is -2.41. The van der Waals surface area contributed by atoms with Gasteiger partial charge in [0, 0.05) is 33.9 Å². The topological polar surface area (TPSA) is 54.7 Å². The van der Waals surface area contributed by atoms with Crippen LogP contribution < -0.4 is 10.1 Å². The smallest absolute Gasteiger partial charge is 0.193 e. The molecular formula is C18H28IN5O. The highest BCUT2D eigenvalue weighted by Gasteiger charge is 2.05. The minimum absolute atomic E-state index is 0. The lowest BCUT2D eigenvalue weighted by atomic mass is 10.2. The van der Waals surface area contributed by atoms with Crippen LogP contribution in [0, 0.1) is 0 Å². The van der Waals surface area contributed by atoms with Crippen LogP contribution in [0.4, 0.5) is 0 Å². The Bertz CT molecular complexity index is 629. The minimum Gasteiger partial charge on any atom is -0.492 e. The number of nitrogens with zero attached hydrogens (tertiary/aromatic N) is 4. The quantitative estimate of drug-likeness (QED) is 0.287. The monoisotopic (exact) mass is 457 g/mol. The molecule has 0 unspecified atom stereocenters. The standard InChI is InChI=1S/C18H27N5O.HI/c1-19-18(20-11-7-8-16-14-21-23(3)15-16)22(2)12-13-24-17-9-5-4-6-10-17;/h4-6,9-10,14-15H,7-8,11-13H2,1-3H3,(H,19,20);1H. The van der Waals surface area contributed by atoms with E-state index in [-0.39, 0.29) is 24.0 Å². The van der Waals surface area contributed by atoms with E-state index in [9.17, 15) is 0 Å². The summed E-state index contributed by atoms with van der Waals surface area (Å²) in [4.78, 5) is 6.40. The number of hydrogen-bond acceptors (Lipinski definition) is 3. The van der Waals surface area contributed by atoms with Crippen molar-refractivity contribution in [3.63, 3.8) is 0 Å². The third-order valence-electron chi connectivity index (χ3n) is 3.70. The van der Waals surface area contributed by atoms with Crippen molar-refractivity contribution in [2.45, 2.75) is 12.8 Å². The number of aromatic nitrogens is 2. The summed E-state index contributed by atoms with van der Waals surface area (Å²) in [5.74, 6) is 1.78. The fourth-order valence-electron chi connectivity index (χ4n) is 2.40. The average molecular weight is 457 g/mol. The fraction of sp³-hybridized carbons (Fsp3) is 0.444. The predicted octanol–water partition coefficient (Wildman–Crippen LogP) is 2.56. The Labute approximate surface area is 167 Å². The molecule has 138 valence electrons. The molecule has 2 aromatic rings. The molecule has 0 saturated carbocycles. The second-order valence-electron chi connectivity index (χ2n) is 5.68. The largest absolute Gasteiger partial charge is 0.492 e. The molecule has 0 atom stereocenters. The molecule has 1 aromatic carbocycles. The van der Waals surface area contributed by atoms with Crippen LogP contribution in [0.5, 0.6) is 5.75 Å². The van der Waals surface area contributed by atoms with Crippen LogP contribution in [0.15, 0.2) is 47.7 Å². The molecule has 0 aliphatic heterocycles. The van der Waals surface area contributed by atoms with Gasteiger partial charge < -0.3 is 15.0 Å². The maximum absolute atomic E-state index is 5.72. The number of benzene rings is 1. The predicted molar refractivity (Wildman–Crippen MR) is 113 cm³/mol. The maximum Gasteiger partial charge on any atom is 0.193 e. The van der Waals surface area contributed by atoms with Gasteiger partial charge in [0.05, 0.1) is 12.7 Å². The van der Waals surface area contributed by atoms with Gasteiger partial charge in [-0.2, -0.15) is 5.10 Å². The van der Waals surface area contributed by atoms with Gasteiger partial charge in [-0.05, 0) is 30.5 Å². The van der Waals surface area contributed by atoms with Gasteiger partial charge >= 0.3 is 0 Å². The van der Waals surface area contributed by atoms with Gasteiger partial charge in [0.15, 0.2) is 5.96 Å². The van der Waals surface area contributed by atoms with E-state index in [1.54, 1.807) is 7.05 Å². The Hall–Kier alpha value is -1.77. The molecule has 0 aliphatic carbocycles. The Kier molecular flexibility index (Phi) is 9.98. The van der Waals surface area contributed by atoms with Crippen molar-refractivity contribution in [2.24, 2.45) is 12.0 Å². The van der Waals surface area contributed by atoms with Gasteiger partial charge in [0.25, 0.3) is 0 Å². The first-order valence-electron chi connectivity index (χ1n) is 8.26. The molecule has 25 heavy (non-hydrogen) atoms. The van der Waals surface area contributed by atoms with Crippen molar-refractivity contribution in [2.75, 3.05) is 33.8 Å². The van der Waals surface area contributed by atoms with Crippen LogP contribution in [-0.2, 0) is 13.5 Å². The van der Waals surface area contributed by atoms with E-state index < -0.39 is 0 Å². The molecule has 0 fully saturated rings. The number of rotatable bonds is 8. The van der Waals surface area contributed by atoms with Crippen molar-refractivity contribution >= 4 is 29.9 Å². The summed E-state index contributed by atoms with van der Waals surface area (Å²) in [6.07, 6.45) is 6.03.